The maximum atomic E-state index is 12.1. The van der Waals surface area contributed by atoms with Crippen molar-refractivity contribution in [2.75, 3.05) is 5.75 Å². The second kappa shape index (κ2) is 5.07. The van der Waals surface area contributed by atoms with Crippen molar-refractivity contribution in [1.29, 1.82) is 0 Å². The van der Waals surface area contributed by atoms with Crippen LogP contribution in [0.2, 0.25) is 0 Å². The topological polar surface area (TPSA) is 12.9 Å². The van der Waals surface area contributed by atoms with Gasteiger partial charge >= 0.3 is 6.98 Å². The van der Waals surface area contributed by atoms with Gasteiger partial charge in [-0.3, -0.25) is 0 Å². The van der Waals surface area contributed by atoms with E-state index in [2.05, 4.69) is 27.5 Å². The summed E-state index contributed by atoms with van der Waals surface area (Å²) in [5, 5.41) is 0.555. The Kier molecular flexibility index (Phi) is 4.27. The van der Waals surface area contributed by atoms with E-state index >= 15 is 0 Å². The lowest BCUT2D eigenvalue weighted by atomic mass is 9.82. The summed E-state index contributed by atoms with van der Waals surface area (Å²) in [5.41, 5.74) is -0.690. The van der Waals surface area contributed by atoms with Crippen LogP contribution in [0.1, 0.15) is 0 Å². The van der Waals surface area contributed by atoms with Gasteiger partial charge in [0.25, 0.3) is 0 Å². The standard InChI is InChI=1S/C8H7BBrF3NS/c1-6(9(11,12)13)5-15-8-3-2-7(10)4-14-8/h2-4H,1,5H2/q-1. The van der Waals surface area contributed by atoms with E-state index in [1.807, 2.05) is 0 Å². The number of rotatable bonds is 4. The Balaban J connectivity index is 2.51. The molecule has 0 saturated heterocycles. The molecule has 1 aromatic heterocycles. The van der Waals surface area contributed by atoms with Gasteiger partial charge in [-0.15, -0.1) is 23.8 Å². The molecule has 0 spiro atoms. The first-order valence-electron chi connectivity index (χ1n) is 4.01. The Morgan fingerprint density at radius 1 is 1.47 bits per heavy atom. The van der Waals surface area contributed by atoms with E-state index in [0.717, 1.165) is 16.2 Å². The van der Waals surface area contributed by atoms with Crippen molar-refractivity contribution < 1.29 is 12.9 Å². The van der Waals surface area contributed by atoms with Gasteiger partial charge in [0.2, 0.25) is 0 Å². The molecule has 1 aromatic rings. The van der Waals surface area contributed by atoms with Gasteiger partial charge in [0.15, 0.2) is 0 Å². The largest absolute Gasteiger partial charge is 0.505 e. The lowest BCUT2D eigenvalue weighted by Gasteiger charge is -2.16. The van der Waals surface area contributed by atoms with Gasteiger partial charge in [-0.1, -0.05) is 0 Å². The Labute approximate surface area is 98.3 Å². The highest BCUT2D eigenvalue weighted by molar-refractivity contribution is 9.10. The molecule has 7 heteroatoms. The normalized spacial score (nSPS) is 11.5. The van der Waals surface area contributed by atoms with Crippen molar-refractivity contribution in [1.82, 2.24) is 4.98 Å². The Bertz CT molecular complexity index is 352. The molecule has 0 bridgehead atoms. The molecule has 0 N–H and O–H groups in total. The van der Waals surface area contributed by atoms with Crippen LogP contribution in [0.3, 0.4) is 0 Å². The molecule has 0 aliphatic heterocycles. The van der Waals surface area contributed by atoms with Crippen LogP contribution in [0, 0.1) is 0 Å². The molecule has 1 rings (SSSR count). The summed E-state index contributed by atoms with van der Waals surface area (Å²) in [4.78, 5) is 3.95. The van der Waals surface area contributed by atoms with E-state index in [9.17, 15) is 12.9 Å². The van der Waals surface area contributed by atoms with E-state index in [4.69, 9.17) is 0 Å². The van der Waals surface area contributed by atoms with Crippen LogP contribution in [-0.2, 0) is 0 Å². The fourth-order valence-corrected chi connectivity index (χ4v) is 1.76. The Morgan fingerprint density at radius 3 is 2.60 bits per heavy atom. The third-order valence-electron chi connectivity index (χ3n) is 1.57. The van der Waals surface area contributed by atoms with Gasteiger partial charge in [0, 0.05) is 10.7 Å². The molecule has 15 heavy (non-hydrogen) atoms. The molecule has 1 heterocycles. The first-order valence-corrected chi connectivity index (χ1v) is 5.79. The molecule has 82 valence electrons. The SMILES string of the molecule is C=C(CSc1ccc(Br)cn1)[B-](F)(F)F. The zero-order valence-corrected chi connectivity index (χ0v) is 9.99. The van der Waals surface area contributed by atoms with Crippen LogP contribution in [0.25, 0.3) is 0 Å². The average molecular weight is 297 g/mol. The van der Waals surface area contributed by atoms with Crippen molar-refractivity contribution >= 4 is 34.7 Å². The van der Waals surface area contributed by atoms with Crippen LogP contribution in [0.4, 0.5) is 12.9 Å². The number of halogens is 4. The first kappa shape index (κ1) is 12.6. The van der Waals surface area contributed by atoms with Crippen LogP contribution < -0.4 is 0 Å². The van der Waals surface area contributed by atoms with Crippen molar-refractivity contribution in [3.63, 3.8) is 0 Å². The predicted octanol–water partition coefficient (Wildman–Crippen LogP) is 3.88. The lowest BCUT2D eigenvalue weighted by molar-refractivity contribution is 0.491. The number of hydrogen-bond donors (Lipinski definition) is 0. The smallest absolute Gasteiger partial charge is 0.445 e. The zero-order chi connectivity index (χ0) is 11.5. The highest BCUT2D eigenvalue weighted by Gasteiger charge is 2.26. The van der Waals surface area contributed by atoms with Crippen molar-refractivity contribution in [2.24, 2.45) is 0 Å². The van der Waals surface area contributed by atoms with Gasteiger partial charge < -0.3 is 12.9 Å². The second-order valence-electron chi connectivity index (χ2n) is 2.84. The summed E-state index contributed by atoms with van der Waals surface area (Å²) >= 11 is 4.22. The molecule has 0 unspecified atom stereocenters. The van der Waals surface area contributed by atoms with Gasteiger partial charge in [-0.05, 0) is 33.8 Å². The highest BCUT2D eigenvalue weighted by Crippen LogP contribution is 2.25. The molecule has 0 saturated carbocycles. The van der Waals surface area contributed by atoms with Crippen LogP contribution in [0.5, 0.6) is 0 Å². The molecule has 0 aliphatic carbocycles. The molecule has 0 amide bonds. The summed E-state index contributed by atoms with van der Waals surface area (Å²) in [5.74, 6) is -0.169. The summed E-state index contributed by atoms with van der Waals surface area (Å²) in [7, 11) is 0. The highest BCUT2D eigenvalue weighted by atomic mass is 79.9. The van der Waals surface area contributed by atoms with Gasteiger partial charge in [-0.25, -0.2) is 4.98 Å². The monoisotopic (exact) mass is 296 g/mol. The number of thioether (sulfide) groups is 1. The lowest BCUT2D eigenvalue weighted by Crippen LogP contribution is -2.20. The Hall–Kier alpha value is -0.425. The maximum absolute atomic E-state index is 12.1. The Morgan fingerprint density at radius 2 is 2.13 bits per heavy atom. The summed E-state index contributed by atoms with van der Waals surface area (Å²) < 4.78 is 37.2. The molecule has 0 aromatic carbocycles. The summed E-state index contributed by atoms with van der Waals surface area (Å²) in [6.45, 7) is -1.93. The minimum Gasteiger partial charge on any atom is -0.445 e. The number of hydrogen-bond acceptors (Lipinski definition) is 2. The van der Waals surface area contributed by atoms with E-state index in [1.165, 1.54) is 0 Å². The molecular formula is C8H7BBrF3NS-. The minimum atomic E-state index is -4.93. The molecule has 0 aliphatic rings. The fourth-order valence-electron chi connectivity index (χ4n) is 0.709. The number of aromatic nitrogens is 1. The van der Waals surface area contributed by atoms with E-state index in [1.54, 1.807) is 18.3 Å². The molecule has 0 fully saturated rings. The van der Waals surface area contributed by atoms with E-state index in [0.29, 0.717) is 5.03 Å². The van der Waals surface area contributed by atoms with Crippen molar-refractivity contribution in [2.45, 2.75) is 5.03 Å². The maximum Gasteiger partial charge on any atom is 0.505 e. The van der Waals surface area contributed by atoms with Crippen molar-refractivity contribution in [3.8, 4) is 0 Å². The summed E-state index contributed by atoms with van der Waals surface area (Å²) in [6.07, 6.45) is 1.55. The van der Waals surface area contributed by atoms with E-state index in [-0.39, 0.29) is 5.75 Å². The quantitative estimate of drug-likeness (QED) is 0.618. The third-order valence-corrected chi connectivity index (χ3v) is 3.09. The summed E-state index contributed by atoms with van der Waals surface area (Å²) in [6, 6.07) is 3.39. The minimum absolute atomic E-state index is 0.169. The van der Waals surface area contributed by atoms with Gasteiger partial charge in [-0.2, -0.15) is 0 Å². The number of nitrogens with zero attached hydrogens (tertiary/aromatic N) is 1. The third kappa shape index (κ3) is 4.30. The average Bonchev–Trinajstić information content (AvgIpc) is 2.15. The van der Waals surface area contributed by atoms with Crippen molar-refractivity contribution in [3.05, 3.63) is 34.9 Å². The number of pyridine rings is 1. The van der Waals surface area contributed by atoms with E-state index < -0.39 is 12.4 Å². The predicted molar refractivity (Wildman–Crippen MR) is 60.9 cm³/mol. The molecule has 0 radical (unpaired) electrons. The first-order chi connectivity index (χ1) is 6.89. The molecule has 0 atom stereocenters. The molecular weight excluding hydrogens is 290 g/mol. The molecule has 1 nitrogen and oxygen atoms in total. The fraction of sp³-hybridized carbons (Fsp3) is 0.125. The zero-order valence-electron chi connectivity index (χ0n) is 7.59. The van der Waals surface area contributed by atoms with Gasteiger partial charge in [0.05, 0.1) is 5.03 Å². The van der Waals surface area contributed by atoms with Crippen LogP contribution in [-0.4, -0.2) is 17.7 Å². The van der Waals surface area contributed by atoms with Gasteiger partial charge in [0.1, 0.15) is 0 Å². The van der Waals surface area contributed by atoms with Crippen LogP contribution in [0.15, 0.2) is 39.9 Å². The van der Waals surface area contributed by atoms with Crippen LogP contribution >= 0.6 is 27.7 Å². The second-order valence-corrected chi connectivity index (χ2v) is 4.75.